The monoisotopic (exact) mass is 426 g/mol. The number of aliphatic carboxylic acids is 1. The summed E-state index contributed by atoms with van der Waals surface area (Å²) in [5, 5.41) is 12.0. The Balaban J connectivity index is 3.55. The highest BCUT2D eigenvalue weighted by Crippen LogP contribution is 2.14. The van der Waals surface area contributed by atoms with Crippen molar-refractivity contribution in [3.63, 3.8) is 0 Å². The maximum absolute atomic E-state index is 11.9. The molecule has 0 aromatic rings. The third kappa shape index (κ3) is 20.2. The smallest absolute Gasteiger partial charge is 0.326 e. The third-order valence-electron chi connectivity index (χ3n) is 5.84. The third-order valence-corrected chi connectivity index (χ3v) is 5.84. The summed E-state index contributed by atoms with van der Waals surface area (Å²) in [4.78, 5) is 23.3. The van der Waals surface area contributed by atoms with Gasteiger partial charge in [0.05, 0.1) is 0 Å². The standard InChI is InChI=1S/C25H50N2O3/c1-2-3-4-5-6-7-8-9-10-11-12-13-14-17-20-23(25(29)30)27-24(28)21-18-15-16-19-22-26/h23H,2-22,26H2,1H3,(H,27,28)(H,29,30). The molecule has 30 heavy (non-hydrogen) atoms. The molecule has 5 heteroatoms. The van der Waals surface area contributed by atoms with Gasteiger partial charge in [-0.25, -0.2) is 4.79 Å². The molecular weight excluding hydrogens is 376 g/mol. The van der Waals surface area contributed by atoms with Crippen molar-refractivity contribution < 1.29 is 14.7 Å². The van der Waals surface area contributed by atoms with Crippen LogP contribution in [0.4, 0.5) is 0 Å². The van der Waals surface area contributed by atoms with E-state index in [9.17, 15) is 14.7 Å². The minimum atomic E-state index is -0.916. The SMILES string of the molecule is CCCCCCCCCCCCCCCCC(NC(=O)CCCCCCN)C(=O)O. The van der Waals surface area contributed by atoms with Crippen molar-refractivity contribution in [2.45, 2.75) is 141 Å². The molecule has 178 valence electrons. The first-order valence-electron chi connectivity index (χ1n) is 12.8. The van der Waals surface area contributed by atoms with Gasteiger partial charge in [0.1, 0.15) is 6.04 Å². The second-order valence-electron chi connectivity index (χ2n) is 8.80. The predicted octanol–water partition coefficient (Wildman–Crippen LogP) is 6.34. The molecule has 0 aliphatic carbocycles. The van der Waals surface area contributed by atoms with E-state index in [1.807, 2.05) is 0 Å². The molecule has 0 fully saturated rings. The maximum atomic E-state index is 11.9. The fourth-order valence-corrected chi connectivity index (χ4v) is 3.85. The molecule has 0 saturated carbocycles. The zero-order valence-electron chi connectivity index (χ0n) is 19.8. The Morgan fingerprint density at radius 2 is 1.13 bits per heavy atom. The van der Waals surface area contributed by atoms with E-state index in [1.54, 1.807) is 0 Å². The number of hydrogen-bond acceptors (Lipinski definition) is 3. The Bertz CT molecular complexity index is 402. The van der Waals surface area contributed by atoms with Crippen LogP contribution in [0.3, 0.4) is 0 Å². The molecule has 0 aliphatic rings. The van der Waals surface area contributed by atoms with Crippen LogP contribution in [-0.2, 0) is 9.59 Å². The lowest BCUT2D eigenvalue weighted by molar-refractivity contribution is -0.142. The summed E-state index contributed by atoms with van der Waals surface area (Å²) in [6.07, 6.45) is 22.7. The van der Waals surface area contributed by atoms with Crippen LogP contribution in [0.5, 0.6) is 0 Å². The summed E-state index contributed by atoms with van der Waals surface area (Å²) in [6.45, 7) is 2.95. The van der Waals surface area contributed by atoms with E-state index in [0.29, 0.717) is 19.4 Å². The van der Waals surface area contributed by atoms with Gasteiger partial charge >= 0.3 is 5.97 Å². The molecular formula is C25H50N2O3. The lowest BCUT2D eigenvalue weighted by Crippen LogP contribution is -2.40. The Morgan fingerprint density at radius 3 is 1.60 bits per heavy atom. The molecule has 0 heterocycles. The van der Waals surface area contributed by atoms with Gasteiger partial charge in [-0.3, -0.25) is 4.79 Å². The van der Waals surface area contributed by atoms with Gasteiger partial charge in [0.15, 0.2) is 0 Å². The Kier molecular flexibility index (Phi) is 21.8. The predicted molar refractivity (Wildman–Crippen MR) is 127 cm³/mol. The normalized spacial score (nSPS) is 12.1. The minimum Gasteiger partial charge on any atom is -0.480 e. The van der Waals surface area contributed by atoms with Crippen molar-refractivity contribution in [2.75, 3.05) is 6.54 Å². The summed E-state index contributed by atoms with van der Waals surface area (Å²) in [7, 11) is 0. The molecule has 0 spiro atoms. The van der Waals surface area contributed by atoms with Crippen LogP contribution in [0.2, 0.25) is 0 Å². The van der Waals surface area contributed by atoms with E-state index >= 15 is 0 Å². The zero-order valence-corrected chi connectivity index (χ0v) is 19.8. The van der Waals surface area contributed by atoms with Gasteiger partial charge in [-0.2, -0.15) is 0 Å². The zero-order chi connectivity index (χ0) is 22.3. The van der Waals surface area contributed by atoms with Crippen molar-refractivity contribution in [1.82, 2.24) is 5.32 Å². The average Bonchev–Trinajstić information content (AvgIpc) is 2.72. The first-order chi connectivity index (χ1) is 14.6. The molecule has 1 atom stereocenters. The highest BCUT2D eigenvalue weighted by Gasteiger charge is 2.18. The number of hydrogen-bond donors (Lipinski definition) is 3. The molecule has 5 nitrogen and oxygen atoms in total. The summed E-state index contributed by atoms with van der Waals surface area (Å²) in [5.74, 6) is -1.05. The van der Waals surface area contributed by atoms with E-state index in [1.165, 1.54) is 77.0 Å². The van der Waals surface area contributed by atoms with Crippen LogP contribution in [0.25, 0.3) is 0 Å². The van der Waals surface area contributed by atoms with E-state index in [0.717, 1.165) is 38.5 Å². The minimum absolute atomic E-state index is 0.138. The van der Waals surface area contributed by atoms with Gasteiger partial charge in [-0.05, 0) is 25.8 Å². The van der Waals surface area contributed by atoms with Gasteiger partial charge in [-0.15, -0.1) is 0 Å². The van der Waals surface area contributed by atoms with Crippen molar-refractivity contribution in [3.05, 3.63) is 0 Å². The van der Waals surface area contributed by atoms with Gasteiger partial charge in [0.25, 0.3) is 0 Å². The number of unbranched alkanes of at least 4 members (excludes halogenated alkanes) is 16. The van der Waals surface area contributed by atoms with Crippen LogP contribution in [0.1, 0.15) is 135 Å². The van der Waals surface area contributed by atoms with Gasteiger partial charge < -0.3 is 16.2 Å². The second-order valence-corrected chi connectivity index (χ2v) is 8.80. The molecule has 1 unspecified atom stereocenters. The van der Waals surface area contributed by atoms with Crippen LogP contribution in [0, 0.1) is 0 Å². The Labute approximate surface area is 186 Å². The number of carboxylic acids is 1. The van der Waals surface area contributed by atoms with Crippen molar-refractivity contribution in [1.29, 1.82) is 0 Å². The van der Waals surface area contributed by atoms with Gasteiger partial charge in [0.2, 0.25) is 5.91 Å². The molecule has 0 saturated heterocycles. The summed E-state index contributed by atoms with van der Waals surface area (Å²) in [6, 6.07) is -0.737. The van der Waals surface area contributed by atoms with Crippen molar-refractivity contribution >= 4 is 11.9 Å². The van der Waals surface area contributed by atoms with Crippen molar-refractivity contribution in [2.24, 2.45) is 5.73 Å². The number of nitrogens with one attached hydrogen (secondary N) is 1. The summed E-state index contributed by atoms with van der Waals surface area (Å²) < 4.78 is 0. The fourth-order valence-electron chi connectivity index (χ4n) is 3.85. The quantitative estimate of drug-likeness (QED) is 0.166. The van der Waals surface area contributed by atoms with E-state index in [4.69, 9.17) is 5.73 Å². The Morgan fingerprint density at radius 1 is 0.700 bits per heavy atom. The van der Waals surface area contributed by atoms with Crippen LogP contribution < -0.4 is 11.1 Å². The lowest BCUT2D eigenvalue weighted by Gasteiger charge is -2.14. The van der Waals surface area contributed by atoms with Gasteiger partial charge in [0, 0.05) is 6.42 Å². The highest BCUT2D eigenvalue weighted by molar-refractivity contribution is 5.83. The molecule has 0 aliphatic heterocycles. The molecule has 1 amide bonds. The topological polar surface area (TPSA) is 92.4 Å². The largest absolute Gasteiger partial charge is 0.480 e. The Hall–Kier alpha value is -1.10. The molecule has 0 radical (unpaired) electrons. The molecule has 0 aromatic carbocycles. The molecule has 0 rings (SSSR count). The molecule has 0 aromatic heterocycles. The number of carbonyl (C=O) groups excluding carboxylic acids is 1. The van der Waals surface area contributed by atoms with Crippen LogP contribution in [-0.4, -0.2) is 29.6 Å². The van der Waals surface area contributed by atoms with Crippen LogP contribution >= 0.6 is 0 Å². The lowest BCUT2D eigenvalue weighted by atomic mass is 10.0. The van der Waals surface area contributed by atoms with Crippen molar-refractivity contribution in [3.8, 4) is 0 Å². The van der Waals surface area contributed by atoms with Crippen LogP contribution in [0.15, 0.2) is 0 Å². The molecule has 0 bridgehead atoms. The number of carboxylic acid groups (broad SMARTS) is 1. The summed E-state index contributed by atoms with van der Waals surface area (Å²) in [5.41, 5.74) is 5.45. The highest BCUT2D eigenvalue weighted by atomic mass is 16.4. The van der Waals surface area contributed by atoms with E-state index in [-0.39, 0.29) is 5.91 Å². The number of amides is 1. The number of carbonyl (C=O) groups is 2. The second kappa shape index (κ2) is 22.6. The first-order valence-corrected chi connectivity index (χ1v) is 12.8. The fraction of sp³-hybridized carbons (Fsp3) is 0.920. The van der Waals surface area contributed by atoms with Gasteiger partial charge in [-0.1, -0.05) is 110 Å². The van der Waals surface area contributed by atoms with E-state index in [2.05, 4.69) is 12.2 Å². The summed E-state index contributed by atoms with van der Waals surface area (Å²) >= 11 is 0. The number of rotatable bonds is 23. The number of nitrogens with two attached hydrogens (primary N) is 1. The average molecular weight is 427 g/mol. The maximum Gasteiger partial charge on any atom is 0.326 e. The molecule has 4 N–H and O–H groups in total. The first kappa shape index (κ1) is 28.9. The van der Waals surface area contributed by atoms with E-state index < -0.39 is 12.0 Å².